The summed E-state index contributed by atoms with van der Waals surface area (Å²) in [5.74, 6) is -2.35. The Balaban J connectivity index is 1.84. The van der Waals surface area contributed by atoms with E-state index in [2.05, 4.69) is 16.0 Å². The van der Waals surface area contributed by atoms with Gasteiger partial charge in [0.15, 0.2) is 0 Å². The van der Waals surface area contributed by atoms with E-state index in [0.29, 0.717) is 35.0 Å². The van der Waals surface area contributed by atoms with Crippen LogP contribution in [0, 0.1) is 14.8 Å². The molecule has 2 amide bonds. The van der Waals surface area contributed by atoms with Crippen molar-refractivity contribution in [2.24, 2.45) is 5.41 Å². The fraction of sp³-hybridized carbons (Fsp3) is 0.409. The molecule has 0 saturated carbocycles. The number of hydrogen-bond acceptors (Lipinski definition) is 6. The third-order valence-electron chi connectivity index (χ3n) is 5.78. The van der Waals surface area contributed by atoms with Gasteiger partial charge in [-0.15, -0.1) is 11.3 Å². The largest absolute Gasteiger partial charge is 0.480 e. The Morgan fingerprint density at radius 1 is 1.36 bits per heavy atom. The van der Waals surface area contributed by atoms with Gasteiger partial charge in [0.1, 0.15) is 16.9 Å². The smallest absolute Gasteiger partial charge is 0.327 e. The quantitative estimate of drug-likeness (QED) is 0.411. The van der Waals surface area contributed by atoms with Crippen LogP contribution in [0.2, 0.25) is 0 Å². The van der Waals surface area contributed by atoms with Crippen molar-refractivity contribution in [2.45, 2.75) is 26.3 Å². The number of piperazine rings is 1. The van der Waals surface area contributed by atoms with E-state index in [9.17, 15) is 23.9 Å². The number of carbonyl (C=O) groups excluding carboxylic acids is 2. The molecule has 0 unspecified atom stereocenters. The molecule has 4 N–H and O–H groups in total. The Morgan fingerprint density at radius 2 is 2.12 bits per heavy atom. The van der Waals surface area contributed by atoms with E-state index in [1.807, 2.05) is 36.4 Å². The summed E-state index contributed by atoms with van der Waals surface area (Å²) in [5.41, 5.74) is 0.667. The van der Waals surface area contributed by atoms with Gasteiger partial charge in [0, 0.05) is 29.7 Å². The lowest BCUT2D eigenvalue weighted by Crippen LogP contribution is -2.57. The first-order valence-electron chi connectivity index (χ1n) is 10.5. The summed E-state index contributed by atoms with van der Waals surface area (Å²) < 4.78 is 15.3. The maximum atomic E-state index is 14.6. The highest BCUT2D eigenvalue weighted by Gasteiger charge is 2.39. The Labute approximate surface area is 208 Å². The fourth-order valence-electron chi connectivity index (χ4n) is 4.10. The van der Waals surface area contributed by atoms with E-state index in [-0.39, 0.29) is 35.7 Å². The lowest BCUT2D eigenvalue weighted by molar-refractivity contribution is -0.142. The number of halogens is 2. The monoisotopic (exact) mass is 586 g/mol. The van der Waals surface area contributed by atoms with Crippen LogP contribution in [0.4, 0.5) is 15.1 Å². The number of hydrogen-bond donors (Lipinski definition) is 4. The topological polar surface area (TPSA) is 111 Å². The molecular weight excluding hydrogens is 562 g/mol. The molecule has 1 aromatic heterocycles. The molecule has 1 aromatic carbocycles. The number of carboxylic acids is 1. The highest BCUT2D eigenvalue weighted by molar-refractivity contribution is 14.1. The lowest BCUT2D eigenvalue weighted by Gasteiger charge is -2.34. The van der Waals surface area contributed by atoms with E-state index >= 15 is 0 Å². The number of benzene rings is 1. The van der Waals surface area contributed by atoms with E-state index < -0.39 is 23.7 Å². The Morgan fingerprint density at radius 3 is 2.82 bits per heavy atom. The van der Waals surface area contributed by atoms with Gasteiger partial charge in [-0.1, -0.05) is 13.8 Å². The van der Waals surface area contributed by atoms with Gasteiger partial charge in [-0.2, -0.15) is 0 Å². The van der Waals surface area contributed by atoms with E-state index in [1.165, 1.54) is 11.0 Å². The molecule has 176 valence electrons. The summed E-state index contributed by atoms with van der Waals surface area (Å²) in [6.45, 7) is 5.24. The molecule has 0 spiro atoms. The molecule has 3 heterocycles. The SMILES string of the molecule is CC1(C)CNC(=O)c2sc(Nc3ccc(I)cc3F)c(C(=O)N3CCNC[C@@H]3C(=O)O)c2C1. The highest BCUT2D eigenvalue weighted by Crippen LogP contribution is 2.41. The second-order valence-corrected chi connectivity index (χ2v) is 11.2. The van der Waals surface area contributed by atoms with Crippen molar-refractivity contribution in [3.05, 3.63) is 43.6 Å². The zero-order valence-electron chi connectivity index (χ0n) is 18.1. The Bertz CT molecular complexity index is 1140. The van der Waals surface area contributed by atoms with Gasteiger partial charge in [-0.05, 0) is 58.2 Å². The highest BCUT2D eigenvalue weighted by atomic mass is 127. The number of carboxylic acid groups (broad SMARTS) is 1. The van der Waals surface area contributed by atoms with Crippen LogP contribution in [0.5, 0.6) is 0 Å². The van der Waals surface area contributed by atoms with Gasteiger partial charge in [0.25, 0.3) is 11.8 Å². The Kier molecular flexibility index (Phi) is 6.65. The summed E-state index contributed by atoms with van der Waals surface area (Å²) in [4.78, 5) is 40.2. The van der Waals surface area contributed by atoms with Crippen molar-refractivity contribution in [3.63, 3.8) is 0 Å². The standard InChI is InChI=1S/C22H24FIN4O4S/c1-22(2)8-12-16(20(30)28-6-5-25-9-15(28)21(31)32)19(33-17(12)18(29)26-10-22)27-14-4-3-11(24)7-13(14)23/h3-4,7,15,25,27H,5-6,8-10H2,1-2H3,(H,26,29)(H,31,32)/t15-/m1/s1. The van der Waals surface area contributed by atoms with E-state index in [1.54, 1.807) is 12.1 Å². The van der Waals surface area contributed by atoms with Crippen LogP contribution >= 0.6 is 33.9 Å². The number of rotatable bonds is 4. The molecule has 0 aliphatic carbocycles. The number of nitrogens with one attached hydrogen (secondary N) is 3. The molecule has 1 saturated heterocycles. The Hall–Kier alpha value is -2.25. The zero-order valence-corrected chi connectivity index (χ0v) is 21.1. The molecule has 2 aliphatic rings. The number of thiophene rings is 1. The molecule has 1 fully saturated rings. The molecule has 1 atom stereocenters. The van der Waals surface area contributed by atoms with Crippen molar-refractivity contribution in [1.29, 1.82) is 0 Å². The summed E-state index contributed by atoms with van der Waals surface area (Å²) in [5, 5.41) is 18.9. The van der Waals surface area contributed by atoms with Crippen LogP contribution in [-0.4, -0.2) is 60.0 Å². The van der Waals surface area contributed by atoms with Crippen molar-refractivity contribution in [2.75, 3.05) is 31.5 Å². The van der Waals surface area contributed by atoms with Gasteiger partial charge in [0.2, 0.25) is 0 Å². The van der Waals surface area contributed by atoms with E-state index in [0.717, 1.165) is 14.9 Å². The van der Waals surface area contributed by atoms with Gasteiger partial charge >= 0.3 is 5.97 Å². The van der Waals surface area contributed by atoms with E-state index in [4.69, 9.17) is 0 Å². The van der Waals surface area contributed by atoms with Crippen LogP contribution in [-0.2, 0) is 11.2 Å². The molecular formula is C22H24FIN4O4S. The molecule has 0 bridgehead atoms. The number of anilines is 2. The lowest BCUT2D eigenvalue weighted by atomic mass is 9.85. The second kappa shape index (κ2) is 9.18. The van der Waals surface area contributed by atoms with Crippen LogP contribution in [0.3, 0.4) is 0 Å². The summed E-state index contributed by atoms with van der Waals surface area (Å²) in [7, 11) is 0. The molecule has 33 heavy (non-hydrogen) atoms. The molecule has 11 heteroatoms. The fourth-order valence-corrected chi connectivity index (χ4v) is 5.69. The first-order chi connectivity index (χ1) is 15.6. The van der Waals surface area contributed by atoms with Gasteiger partial charge in [-0.25, -0.2) is 9.18 Å². The zero-order chi connectivity index (χ0) is 23.9. The average Bonchev–Trinajstić information content (AvgIpc) is 3.05. The van der Waals surface area contributed by atoms with Crippen LogP contribution in [0.25, 0.3) is 0 Å². The number of carbonyl (C=O) groups is 3. The molecule has 8 nitrogen and oxygen atoms in total. The first-order valence-corrected chi connectivity index (χ1v) is 12.4. The molecule has 2 aliphatic heterocycles. The number of fused-ring (bicyclic) bond motifs is 1. The average molecular weight is 586 g/mol. The minimum Gasteiger partial charge on any atom is -0.480 e. The van der Waals surface area contributed by atoms with Crippen LogP contribution < -0.4 is 16.0 Å². The summed E-state index contributed by atoms with van der Waals surface area (Å²) in [6.07, 6.45) is 0.444. The molecule has 0 radical (unpaired) electrons. The summed E-state index contributed by atoms with van der Waals surface area (Å²) >= 11 is 3.10. The third kappa shape index (κ3) is 4.85. The number of aliphatic carboxylic acids is 1. The second-order valence-electron chi connectivity index (χ2n) is 8.94. The maximum Gasteiger partial charge on any atom is 0.327 e. The van der Waals surface area contributed by atoms with Crippen LogP contribution in [0.15, 0.2) is 18.2 Å². The number of amides is 2. The minimum absolute atomic E-state index is 0.133. The van der Waals surface area contributed by atoms with Crippen molar-refractivity contribution in [3.8, 4) is 0 Å². The van der Waals surface area contributed by atoms with Crippen molar-refractivity contribution >= 4 is 62.4 Å². The molecule has 4 rings (SSSR count). The maximum absolute atomic E-state index is 14.6. The van der Waals surface area contributed by atoms with Gasteiger partial charge < -0.3 is 26.0 Å². The minimum atomic E-state index is -1.10. The first kappa shape index (κ1) is 23.9. The summed E-state index contributed by atoms with van der Waals surface area (Å²) in [6, 6.07) is 3.65. The predicted octanol–water partition coefficient (Wildman–Crippen LogP) is 3.05. The van der Waals surface area contributed by atoms with Crippen molar-refractivity contribution < 1.29 is 23.9 Å². The predicted molar refractivity (Wildman–Crippen MR) is 132 cm³/mol. The van der Waals surface area contributed by atoms with Gasteiger partial charge in [0.05, 0.1) is 16.1 Å². The number of nitrogens with zero attached hydrogens (tertiary/aromatic N) is 1. The third-order valence-corrected chi connectivity index (χ3v) is 7.60. The molecule has 2 aromatic rings. The van der Waals surface area contributed by atoms with Crippen molar-refractivity contribution in [1.82, 2.24) is 15.5 Å². The van der Waals surface area contributed by atoms with Gasteiger partial charge in [-0.3, -0.25) is 9.59 Å². The normalized spacial score (nSPS) is 19.9. The van der Waals surface area contributed by atoms with Crippen LogP contribution in [0.1, 0.15) is 39.4 Å².